The molecule has 2 aromatic carbocycles. The average Bonchev–Trinajstić information content (AvgIpc) is 2.81. The molecule has 3 rings (SSSR count). The molecule has 0 radical (unpaired) electrons. The number of hydrogen-bond acceptors (Lipinski definition) is 5. The Kier molecular flexibility index (Phi) is 9.13. The number of benzene rings is 2. The summed E-state index contributed by atoms with van der Waals surface area (Å²) < 4.78 is 10.9. The van der Waals surface area contributed by atoms with Gasteiger partial charge < -0.3 is 20.1 Å². The highest BCUT2D eigenvalue weighted by Gasteiger charge is 2.21. The Morgan fingerprint density at radius 2 is 1.91 bits per heavy atom. The van der Waals surface area contributed by atoms with Crippen molar-refractivity contribution in [2.75, 3.05) is 33.4 Å². The second-order valence-corrected chi connectivity index (χ2v) is 8.82. The Bertz CT molecular complexity index is 917. The summed E-state index contributed by atoms with van der Waals surface area (Å²) >= 11 is 0. The van der Waals surface area contributed by atoms with Crippen molar-refractivity contribution in [3.63, 3.8) is 0 Å². The topological polar surface area (TPSA) is 79.9 Å². The summed E-state index contributed by atoms with van der Waals surface area (Å²) in [6.45, 7) is 7.32. The lowest BCUT2D eigenvalue weighted by Crippen LogP contribution is -2.40. The average molecular weight is 454 g/mol. The van der Waals surface area contributed by atoms with Gasteiger partial charge in [-0.25, -0.2) is 0 Å². The van der Waals surface area contributed by atoms with E-state index in [1.54, 1.807) is 18.2 Å². The Morgan fingerprint density at radius 3 is 2.64 bits per heavy atom. The fourth-order valence-corrected chi connectivity index (χ4v) is 4.08. The molecule has 0 bridgehead atoms. The number of methoxy groups -OCH3 is 1. The molecule has 1 aliphatic heterocycles. The third kappa shape index (κ3) is 7.79. The Hall–Kier alpha value is -3.06. The lowest BCUT2D eigenvalue weighted by atomic mass is 9.97. The molecule has 1 fully saturated rings. The van der Waals surface area contributed by atoms with E-state index in [0.29, 0.717) is 29.5 Å². The van der Waals surface area contributed by atoms with Gasteiger partial charge >= 0.3 is 0 Å². The number of carbonyl (C=O) groups excluding carboxylic acids is 2. The summed E-state index contributed by atoms with van der Waals surface area (Å²) in [5.41, 5.74) is 1.82. The number of carbonyl (C=O) groups is 2. The summed E-state index contributed by atoms with van der Waals surface area (Å²) in [6.07, 6.45) is 2.25. The van der Waals surface area contributed by atoms with Crippen LogP contribution in [0.15, 0.2) is 48.5 Å². The first kappa shape index (κ1) is 24.6. The smallest absolute Gasteiger partial charge is 0.258 e. The highest BCUT2D eigenvalue weighted by Crippen LogP contribution is 2.28. The quantitative estimate of drug-likeness (QED) is 0.577. The van der Waals surface area contributed by atoms with Crippen LogP contribution in [0.4, 0.5) is 0 Å². The van der Waals surface area contributed by atoms with Gasteiger partial charge in [0, 0.05) is 31.2 Å². The van der Waals surface area contributed by atoms with Crippen molar-refractivity contribution in [2.45, 2.75) is 39.3 Å². The number of amides is 2. The molecule has 1 aliphatic rings. The van der Waals surface area contributed by atoms with Crippen molar-refractivity contribution in [3.05, 3.63) is 59.7 Å². The summed E-state index contributed by atoms with van der Waals surface area (Å²) in [5.74, 6) is 0.930. The van der Waals surface area contributed by atoms with E-state index in [1.807, 2.05) is 19.9 Å². The largest absolute Gasteiger partial charge is 0.493 e. The Morgan fingerprint density at radius 1 is 1.12 bits per heavy atom. The molecule has 0 aromatic heterocycles. The Labute approximate surface area is 196 Å². The van der Waals surface area contributed by atoms with E-state index < -0.39 is 0 Å². The molecule has 1 unspecified atom stereocenters. The van der Waals surface area contributed by atoms with Crippen molar-refractivity contribution in [2.24, 2.45) is 5.92 Å². The third-order valence-electron chi connectivity index (χ3n) is 5.64. The zero-order valence-corrected chi connectivity index (χ0v) is 19.8. The summed E-state index contributed by atoms with van der Waals surface area (Å²) in [6, 6.07) is 15.5. The second-order valence-electron chi connectivity index (χ2n) is 8.82. The normalized spacial score (nSPS) is 16.3. The van der Waals surface area contributed by atoms with Crippen molar-refractivity contribution in [1.82, 2.24) is 15.5 Å². The van der Waals surface area contributed by atoms with Gasteiger partial charge in [-0.15, -0.1) is 0 Å². The summed E-state index contributed by atoms with van der Waals surface area (Å²) in [7, 11) is 1.52. The van der Waals surface area contributed by atoms with E-state index in [4.69, 9.17) is 9.47 Å². The van der Waals surface area contributed by atoms with Crippen LogP contribution in [0.3, 0.4) is 0 Å². The maximum atomic E-state index is 12.7. The number of nitrogens with zero attached hydrogens (tertiary/aromatic N) is 1. The lowest BCUT2D eigenvalue weighted by Gasteiger charge is -2.32. The molecule has 7 heteroatoms. The lowest BCUT2D eigenvalue weighted by molar-refractivity contribution is -0.123. The zero-order chi connectivity index (χ0) is 23.6. The molecule has 1 heterocycles. The first-order valence-electron chi connectivity index (χ1n) is 11.6. The summed E-state index contributed by atoms with van der Waals surface area (Å²) in [5, 5.41) is 5.84. The van der Waals surface area contributed by atoms with Crippen LogP contribution in [0.1, 0.15) is 42.6 Å². The van der Waals surface area contributed by atoms with Crippen molar-refractivity contribution in [1.29, 1.82) is 0 Å². The predicted molar refractivity (Wildman–Crippen MR) is 129 cm³/mol. The number of piperidine rings is 1. The van der Waals surface area contributed by atoms with Crippen LogP contribution >= 0.6 is 0 Å². The molecule has 7 nitrogen and oxygen atoms in total. The molecule has 33 heavy (non-hydrogen) atoms. The van der Waals surface area contributed by atoms with Gasteiger partial charge in [-0.05, 0) is 62.9 Å². The first-order chi connectivity index (χ1) is 15.9. The second kappa shape index (κ2) is 12.3. The number of hydrogen-bond donors (Lipinski definition) is 2. The third-order valence-corrected chi connectivity index (χ3v) is 5.64. The SMILES string of the molecule is COc1cc(C(=O)NCC2CCCN(Cc3ccccc3)C2)ccc1OCC(=O)NC(C)C. The van der Waals surface area contributed by atoms with Gasteiger partial charge in [0.15, 0.2) is 18.1 Å². The van der Waals surface area contributed by atoms with E-state index in [9.17, 15) is 9.59 Å². The Balaban J connectivity index is 1.50. The number of ether oxygens (including phenoxy) is 2. The van der Waals surface area contributed by atoms with Crippen molar-refractivity contribution in [3.8, 4) is 11.5 Å². The standard InChI is InChI=1S/C26H35N3O4/c1-19(2)28-25(30)18-33-23-12-11-22(14-24(23)32-3)26(31)27-15-21-10-7-13-29(17-21)16-20-8-5-4-6-9-20/h4-6,8-9,11-12,14,19,21H,7,10,13,15-18H2,1-3H3,(H,27,31)(H,28,30). The maximum Gasteiger partial charge on any atom is 0.258 e. The minimum absolute atomic E-state index is 0.0450. The maximum absolute atomic E-state index is 12.7. The van der Waals surface area contributed by atoms with Crippen LogP contribution in [-0.2, 0) is 11.3 Å². The van der Waals surface area contributed by atoms with Gasteiger partial charge in [0.2, 0.25) is 0 Å². The van der Waals surface area contributed by atoms with Crippen LogP contribution in [0.25, 0.3) is 0 Å². The first-order valence-corrected chi connectivity index (χ1v) is 11.6. The molecule has 2 amide bonds. The van der Waals surface area contributed by atoms with E-state index in [1.165, 1.54) is 12.7 Å². The van der Waals surface area contributed by atoms with Crippen LogP contribution < -0.4 is 20.1 Å². The highest BCUT2D eigenvalue weighted by molar-refractivity contribution is 5.94. The van der Waals surface area contributed by atoms with E-state index >= 15 is 0 Å². The van der Waals surface area contributed by atoms with Crippen LogP contribution in [-0.4, -0.2) is 56.1 Å². The van der Waals surface area contributed by atoms with Crippen molar-refractivity contribution >= 4 is 11.8 Å². The molecular weight excluding hydrogens is 418 g/mol. The minimum atomic E-state index is -0.206. The number of rotatable bonds is 10. The van der Waals surface area contributed by atoms with Gasteiger partial charge in [-0.2, -0.15) is 0 Å². The van der Waals surface area contributed by atoms with Gasteiger partial charge in [0.1, 0.15) is 0 Å². The monoisotopic (exact) mass is 453 g/mol. The molecular formula is C26H35N3O4. The number of likely N-dealkylation sites (tertiary alicyclic amines) is 1. The molecule has 1 saturated heterocycles. The van der Waals surface area contributed by atoms with Crippen molar-refractivity contribution < 1.29 is 19.1 Å². The number of nitrogens with one attached hydrogen (secondary N) is 2. The molecule has 0 saturated carbocycles. The van der Waals surface area contributed by atoms with Gasteiger partial charge in [-0.1, -0.05) is 30.3 Å². The molecule has 0 aliphatic carbocycles. The minimum Gasteiger partial charge on any atom is -0.493 e. The van der Waals surface area contributed by atoms with E-state index in [2.05, 4.69) is 39.8 Å². The molecule has 178 valence electrons. The van der Waals surface area contributed by atoms with Gasteiger partial charge in [-0.3, -0.25) is 14.5 Å². The summed E-state index contributed by atoms with van der Waals surface area (Å²) in [4.78, 5) is 27.0. The van der Waals surface area contributed by atoms with Crippen LogP contribution in [0.2, 0.25) is 0 Å². The van der Waals surface area contributed by atoms with Crippen LogP contribution in [0.5, 0.6) is 11.5 Å². The predicted octanol–water partition coefficient (Wildman–Crippen LogP) is 3.24. The van der Waals surface area contributed by atoms with E-state index in [-0.39, 0.29) is 24.5 Å². The molecule has 1 atom stereocenters. The van der Waals surface area contributed by atoms with Gasteiger partial charge in [0.05, 0.1) is 7.11 Å². The molecule has 2 N–H and O–H groups in total. The van der Waals surface area contributed by atoms with E-state index in [0.717, 1.165) is 32.5 Å². The fraction of sp³-hybridized carbons (Fsp3) is 0.462. The van der Waals surface area contributed by atoms with Gasteiger partial charge in [0.25, 0.3) is 11.8 Å². The highest BCUT2D eigenvalue weighted by atomic mass is 16.5. The van der Waals surface area contributed by atoms with Crippen LogP contribution in [0, 0.1) is 5.92 Å². The molecule has 0 spiro atoms. The fourth-order valence-electron chi connectivity index (χ4n) is 4.08. The molecule has 2 aromatic rings. The zero-order valence-electron chi connectivity index (χ0n) is 19.8.